The van der Waals surface area contributed by atoms with E-state index in [0.717, 1.165) is 11.1 Å². The molecule has 126 valence electrons. The Labute approximate surface area is 143 Å². The summed E-state index contributed by atoms with van der Waals surface area (Å²) in [4.78, 5) is 0. The first-order valence-electron chi connectivity index (χ1n) is 7.93. The molecule has 2 atom stereocenters. The molecule has 2 aromatic carbocycles. The van der Waals surface area contributed by atoms with E-state index < -0.39 is 0 Å². The summed E-state index contributed by atoms with van der Waals surface area (Å²) in [5.41, 5.74) is 2.16. The number of ether oxygens (including phenoxy) is 2. The molecule has 0 saturated heterocycles. The molecule has 0 heterocycles. The molecule has 4 heteroatoms. The molecule has 4 nitrogen and oxygen atoms in total. The van der Waals surface area contributed by atoms with Gasteiger partial charge >= 0.3 is 0 Å². The van der Waals surface area contributed by atoms with Crippen LogP contribution in [0, 0.1) is 0 Å². The summed E-state index contributed by atoms with van der Waals surface area (Å²) in [7, 11) is 0. The highest BCUT2D eigenvalue weighted by atomic mass is 16.5. The van der Waals surface area contributed by atoms with Gasteiger partial charge in [0.05, 0.1) is 19.3 Å². The van der Waals surface area contributed by atoms with E-state index in [-0.39, 0.29) is 12.2 Å². The molecule has 1 N–H and O–H groups in total. The van der Waals surface area contributed by atoms with Gasteiger partial charge in [0.15, 0.2) is 0 Å². The average molecular weight is 325 g/mol. The van der Waals surface area contributed by atoms with Crippen LogP contribution in [0.25, 0.3) is 0 Å². The van der Waals surface area contributed by atoms with Crippen LogP contribution in [0.15, 0.2) is 78.5 Å². The third-order valence-corrected chi connectivity index (χ3v) is 3.61. The van der Waals surface area contributed by atoms with Crippen molar-refractivity contribution in [2.24, 2.45) is 5.16 Å². The second-order valence-electron chi connectivity index (χ2n) is 5.37. The smallest absolute Gasteiger partial charge is 0.102 e. The maximum Gasteiger partial charge on any atom is 0.102 e. The lowest BCUT2D eigenvalue weighted by atomic mass is 10.1. The summed E-state index contributed by atoms with van der Waals surface area (Å²) < 4.78 is 11.9. The molecule has 0 spiro atoms. The Morgan fingerprint density at radius 2 is 1.46 bits per heavy atom. The predicted octanol–water partition coefficient (Wildman–Crippen LogP) is 4.19. The van der Waals surface area contributed by atoms with Crippen molar-refractivity contribution < 1.29 is 14.7 Å². The van der Waals surface area contributed by atoms with Gasteiger partial charge in [-0.15, -0.1) is 11.7 Å². The predicted molar refractivity (Wildman–Crippen MR) is 95.1 cm³/mol. The van der Waals surface area contributed by atoms with E-state index in [2.05, 4.69) is 11.7 Å². The first-order valence-corrected chi connectivity index (χ1v) is 7.93. The Balaban J connectivity index is 1.96. The van der Waals surface area contributed by atoms with Crippen molar-refractivity contribution in [3.8, 4) is 0 Å². The largest absolute Gasteiger partial charge is 0.411 e. The Morgan fingerprint density at radius 1 is 0.917 bits per heavy atom. The van der Waals surface area contributed by atoms with Crippen molar-refractivity contribution in [2.45, 2.75) is 31.8 Å². The maximum atomic E-state index is 8.71. The van der Waals surface area contributed by atoms with Crippen LogP contribution in [-0.4, -0.2) is 23.6 Å². The monoisotopic (exact) mass is 325 g/mol. The van der Waals surface area contributed by atoms with Crippen LogP contribution in [-0.2, 0) is 22.7 Å². The van der Waals surface area contributed by atoms with Gasteiger partial charge in [-0.3, -0.25) is 0 Å². The fourth-order valence-corrected chi connectivity index (χ4v) is 2.32. The van der Waals surface area contributed by atoms with Gasteiger partial charge < -0.3 is 14.7 Å². The molecule has 0 saturated carbocycles. The van der Waals surface area contributed by atoms with Crippen molar-refractivity contribution in [3.05, 3.63) is 84.4 Å². The normalized spacial score (nSPS) is 13.7. The Hall–Kier alpha value is -2.43. The number of hydrogen-bond acceptors (Lipinski definition) is 4. The summed E-state index contributed by atoms with van der Waals surface area (Å²) in [6.45, 7) is 4.78. The topological polar surface area (TPSA) is 51.0 Å². The van der Waals surface area contributed by atoms with Gasteiger partial charge in [-0.2, -0.15) is 0 Å². The molecule has 0 radical (unpaired) electrons. The summed E-state index contributed by atoms with van der Waals surface area (Å²) in [5, 5.41) is 11.8. The van der Waals surface area contributed by atoms with Crippen molar-refractivity contribution in [1.82, 2.24) is 0 Å². The Bertz CT molecular complexity index is 613. The molecule has 24 heavy (non-hydrogen) atoms. The SMILES string of the molecule is C=C[C@@H](OCc1ccccc1)[C@@H](C/C=N/O)OCc1ccccc1. The molecular weight excluding hydrogens is 302 g/mol. The van der Waals surface area contributed by atoms with Gasteiger partial charge in [0, 0.05) is 12.6 Å². The zero-order valence-electron chi connectivity index (χ0n) is 13.6. The van der Waals surface area contributed by atoms with E-state index >= 15 is 0 Å². The average Bonchev–Trinajstić information content (AvgIpc) is 2.65. The van der Waals surface area contributed by atoms with Crippen LogP contribution in [0.3, 0.4) is 0 Å². The maximum absolute atomic E-state index is 8.71. The minimum absolute atomic E-state index is 0.276. The molecule has 2 aromatic rings. The van der Waals surface area contributed by atoms with Gasteiger partial charge in [-0.1, -0.05) is 66.7 Å². The van der Waals surface area contributed by atoms with Gasteiger partial charge in [0.25, 0.3) is 0 Å². The lowest BCUT2D eigenvalue weighted by Gasteiger charge is -2.24. The second-order valence-corrected chi connectivity index (χ2v) is 5.37. The van der Waals surface area contributed by atoms with Crippen LogP contribution >= 0.6 is 0 Å². The lowest BCUT2D eigenvalue weighted by molar-refractivity contribution is -0.0605. The minimum Gasteiger partial charge on any atom is -0.411 e. The van der Waals surface area contributed by atoms with Gasteiger partial charge in [-0.05, 0) is 11.1 Å². The summed E-state index contributed by atoms with van der Waals surface area (Å²) in [5.74, 6) is 0. The van der Waals surface area contributed by atoms with E-state index in [1.54, 1.807) is 6.08 Å². The van der Waals surface area contributed by atoms with E-state index in [4.69, 9.17) is 14.7 Å². The van der Waals surface area contributed by atoms with Crippen molar-refractivity contribution in [2.75, 3.05) is 0 Å². The molecule has 0 aliphatic heterocycles. The van der Waals surface area contributed by atoms with Crippen LogP contribution in [0.4, 0.5) is 0 Å². The third kappa shape index (κ3) is 5.99. The third-order valence-electron chi connectivity index (χ3n) is 3.61. The number of hydrogen-bond donors (Lipinski definition) is 1. The molecule has 0 unspecified atom stereocenters. The van der Waals surface area contributed by atoms with E-state index in [0.29, 0.717) is 19.6 Å². The first kappa shape index (κ1) is 17.9. The highest BCUT2D eigenvalue weighted by Gasteiger charge is 2.20. The first-order chi connectivity index (χ1) is 11.8. The number of benzene rings is 2. The highest BCUT2D eigenvalue weighted by Crippen LogP contribution is 2.14. The van der Waals surface area contributed by atoms with Crippen LogP contribution in [0.2, 0.25) is 0 Å². The zero-order valence-corrected chi connectivity index (χ0v) is 13.6. The molecular formula is C20H23NO3. The molecule has 0 fully saturated rings. The quantitative estimate of drug-likeness (QED) is 0.308. The van der Waals surface area contributed by atoms with E-state index in [1.165, 1.54) is 6.21 Å². The number of oxime groups is 1. The van der Waals surface area contributed by atoms with Gasteiger partial charge in [0.2, 0.25) is 0 Å². The number of nitrogens with zero attached hydrogens (tertiary/aromatic N) is 1. The van der Waals surface area contributed by atoms with Crippen LogP contribution < -0.4 is 0 Å². The lowest BCUT2D eigenvalue weighted by Crippen LogP contribution is -2.30. The zero-order chi connectivity index (χ0) is 17.0. The van der Waals surface area contributed by atoms with Crippen LogP contribution in [0.5, 0.6) is 0 Å². The molecule has 0 aliphatic rings. The number of rotatable bonds is 10. The van der Waals surface area contributed by atoms with Crippen molar-refractivity contribution >= 4 is 6.21 Å². The summed E-state index contributed by atoms with van der Waals surface area (Å²) >= 11 is 0. The molecule has 0 aliphatic carbocycles. The van der Waals surface area contributed by atoms with E-state index in [9.17, 15) is 0 Å². The van der Waals surface area contributed by atoms with Crippen LogP contribution in [0.1, 0.15) is 17.5 Å². The fraction of sp³-hybridized carbons (Fsp3) is 0.250. The molecule has 0 amide bonds. The summed E-state index contributed by atoms with van der Waals surface area (Å²) in [6.07, 6.45) is 3.01. The van der Waals surface area contributed by atoms with Crippen molar-refractivity contribution in [3.63, 3.8) is 0 Å². The second kappa shape index (κ2) is 10.4. The highest BCUT2D eigenvalue weighted by molar-refractivity contribution is 5.57. The molecule has 0 aromatic heterocycles. The summed E-state index contributed by atoms with van der Waals surface area (Å²) in [6, 6.07) is 19.9. The Morgan fingerprint density at radius 3 is 1.96 bits per heavy atom. The van der Waals surface area contributed by atoms with Gasteiger partial charge in [0.1, 0.15) is 6.10 Å². The van der Waals surface area contributed by atoms with Crippen molar-refractivity contribution in [1.29, 1.82) is 0 Å². The minimum atomic E-state index is -0.299. The van der Waals surface area contributed by atoms with Gasteiger partial charge in [-0.25, -0.2) is 0 Å². The fourth-order valence-electron chi connectivity index (χ4n) is 2.32. The molecule has 0 bridgehead atoms. The molecule has 2 rings (SSSR count). The van der Waals surface area contributed by atoms with E-state index in [1.807, 2.05) is 60.7 Å². The Kier molecular flexibility index (Phi) is 7.74. The standard InChI is InChI=1S/C20H23NO3/c1-2-19(23-15-17-9-5-3-6-10-17)20(13-14-21-22)24-16-18-11-7-4-8-12-18/h2-12,14,19-20,22H,1,13,15-16H2/b21-14+/t19-,20-/m1/s1.